The standard InChI is InChI=1S/C49H41ClN4O6/c1-53(2)33-18-14-31(15-19-33)51-52-32-16-20-34(21-17-32)54-47(58)36-23-22-35-38(43(36)48(54)59)26-39-45(56)37(28-10-6-4-7-11-28)27-42(55)49(39,30-12-8-5-9-13-30)44(35)29-24-40(50)46(57)41(25-29)60-3/h4-22,24-25,27,36,38-39,43-44,57H,23,26H2,1-3H3. The Balaban J connectivity index is 1.14. The van der Waals surface area contributed by atoms with Gasteiger partial charge in [-0.3, -0.25) is 24.1 Å². The zero-order chi connectivity index (χ0) is 41.9. The zero-order valence-electron chi connectivity index (χ0n) is 33.2. The Hall–Kier alpha value is -6.65. The molecule has 5 aromatic carbocycles. The molecule has 6 atom stereocenters. The molecule has 11 heteroatoms. The summed E-state index contributed by atoms with van der Waals surface area (Å²) in [6.07, 6.45) is 3.86. The van der Waals surface area contributed by atoms with Crippen LogP contribution in [0.15, 0.2) is 149 Å². The van der Waals surface area contributed by atoms with E-state index in [0.717, 1.165) is 11.3 Å². The SMILES string of the molecule is COc1cc(C2C3=CCC4C(=O)N(c5ccc(N=Nc6ccc(N(C)C)cc6)cc5)C(=O)C4C3CC3C(=O)C(c4ccccc4)=CC(=O)C32c2ccccc2)cc(Cl)c1O. The number of ketones is 2. The third kappa shape index (κ3) is 6.16. The zero-order valence-corrected chi connectivity index (χ0v) is 33.9. The first-order chi connectivity index (χ1) is 29.0. The van der Waals surface area contributed by atoms with E-state index in [1.54, 1.807) is 36.4 Å². The molecule has 5 aromatic rings. The normalized spacial score (nSPS) is 24.7. The smallest absolute Gasteiger partial charge is 0.238 e. The number of halogens is 1. The number of hydrogen-bond donors (Lipinski definition) is 1. The minimum absolute atomic E-state index is 0.0131. The molecule has 0 bridgehead atoms. The number of azo groups is 1. The maximum atomic E-state index is 15.3. The second kappa shape index (κ2) is 15.2. The van der Waals surface area contributed by atoms with Gasteiger partial charge in [0.2, 0.25) is 11.8 Å². The highest BCUT2D eigenvalue weighted by Gasteiger charge is 2.66. The summed E-state index contributed by atoms with van der Waals surface area (Å²) < 4.78 is 5.58. The van der Waals surface area contributed by atoms with Crippen molar-refractivity contribution in [1.29, 1.82) is 0 Å². The molecule has 4 aliphatic rings. The summed E-state index contributed by atoms with van der Waals surface area (Å²) in [6, 6.07) is 36.2. The molecule has 0 aromatic heterocycles. The van der Waals surface area contributed by atoms with Crippen molar-refractivity contribution in [3.63, 3.8) is 0 Å². The Morgan fingerprint density at radius 1 is 0.800 bits per heavy atom. The van der Waals surface area contributed by atoms with E-state index in [-0.39, 0.29) is 52.7 Å². The Morgan fingerprint density at radius 3 is 2.07 bits per heavy atom. The molecule has 10 nitrogen and oxygen atoms in total. The number of fused-ring (bicyclic) bond motifs is 4. The summed E-state index contributed by atoms with van der Waals surface area (Å²) >= 11 is 6.69. The van der Waals surface area contributed by atoms with E-state index >= 15 is 9.59 Å². The number of amides is 2. The van der Waals surface area contributed by atoms with Crippen LogP contribution in [0.25, 0.3) is 5.57 Å². The molecule has 2 fully saturated rings. The first kappa shape index (κ1) is 38.8. The number of carbonyl (C=O) groups excluding carboxylic acids is 4. The van der Waals surface area contributed by atoms with Gasteiger partial charge in [-0.2, -0.15) is 10.2 Å². The number of phenols is 1. The van der Waals surface area contributed by atoms with Crippen LogP contribution in [0, 0.1) is 23.7 Å². The van der Waals surface area contributed by atoms with Gasteiger partial charge < -0.3 is 14.7 Å². The molecule has 1 saturated heterocycles. The van der Waals surface area contributed by atoms with Gasteiger partial charge in [0, 0.05) is 37.2 Å². The third-order valence-electron chi connectivity index (χ3n) is 12.7. The Kier molecular flexibility index (Phi) is 9.83. The molecule has 6 unspecified atom stereocenters. The van der Waals surface area contributed by atoms with Crippen molar-refractivity contribution < 1.29 is 29.0 Å². The summed E-state index contributed by atoms with van der Waals surface area (Å²) in [7, 11) is 5.34. The number of imide groups is 1. The van der Waals surface area contributed by atoms with Crippen LogP contribution in [0.1, 0.15) is 35.4 Å². The van der Waals surface area contributed by atoms with Crippen LogP contribution in [-0.4, -0.2) is 49.7 Å². The molecule has 1 N–H and O–H groups in total. The molecule has 2 amide bonds. The summed E-state index contributed by atoms with van der Waals surface area (Å²) in [6.45, 7) is 0. The topological polar surface area (TPSA) is 129 Å². The second-order valence-corrected chi connectivity index (χ2v) is 16.4. The van der Waals surface area contributed by atoms with E-state index in [2.05, 4.69) is 10.2 Å². The quantitative estimate of drug-likeness (QED) is 0.0939. The maximum absolute atomic E-state index is 15.3. The van der Waals surface area contributed by atoms with Gasteiger partial charge in [-0.05, 0) is 102 Å². The Morgan fingerprint density at radius 2 is 1.43 bits per heavy atom. The van der Waals surface area contributed by atoms with Gasteiger partial charge in [-0.25, -0.2) is 0 Å². The first-order valence-electron chi connectivity index (χ1n) is 19.9. The average Bonchev–Trinajstić information content (AvgIpc) is 3.53. The predicted molar refractivity (Wildman–Crippen MR) is 230 cm³/mol. The number of hydrogen-bond acceptors (Lipinski definition) is 9. The summed E-state index contributed by atoms with van der Waals surface area (Å²) in [5, 5.41) is 19.6. The highest BCUT2D eigenvalue weighted by atomic mass is 35.5. The van der Waals surface area contributed by atoms with Crippen molar-refractivity contribution in [3.8, 4) is 11.5 Å². The summed E-state index contributed by atoms with van der Waals surface area (Å²) in [4.78, 5) is 63.0. The van der Waals surface area contributed by atoms with Crippen LogP contribution in [-0.2, 0) is 24.6 Å². The van der Waals surface area contributed by atoms with Crippen LogP contribution in [0.2, 0.25) is 5.02 Å². The van der Waals surface area contributed by atoms with Gasteiger partial charge in [-0.1, -0.05) is 83.9 Å². The van der Waals surface area contributed by atoms with Gasteiger partial charge in [0.05, 0.1) is 46.4 Å². The molecule has 1 saturated carbocycles. The summed E-state index contributed by atoms with van der Waals surface area (Å²) in [5.41, 5.74) is 4.11. The first-order valence-corrected chi connectivity index (χ1v) is 20.2. The molecule has 60 heavy (non-hydrogen) atoms. The lowest BCUT2D eigenvalue weighted by atomic mass is 9.44. The van der Waals surface area contributed by atoms with Gasteiger partial charge in [0.15, 0.2) is 23.1 Å². The second-order valence-electron chi connectivity index (χ2n) is 16.0. The number of Topliss-reactive ketones (excluding diaryl/α,β-unsaturated/α-hetero) is 1. The van der Waals surface area contributed by atoms with E-state index in [1.807, 2.05) is 110 Å². The van der Waals surface area contributed by atoms with E-state index in [9.17, 15) is 14.7 Å². The summed E-state index contributed by atoms with van der Waals surface area (Å²) in [5.74, 6) is -5.15. The molecular formula is C49H41ClN4O6. The van der Waals surface area contributed by atoms with Crippen molar-refractivity contribution in [1.82, 2.24) is 0 Å². The van der Waals surface area contributed by atoms with Crippen molar-refractivity contribution in [2.45, 2.75) is 24.2 Å². The van der Waals surface area contributed by atoms with Crippen LogP contribution < -0.4 is 14.5 Å². The fourth-order valence-corrected chi connectivity index (χ4v) is 10.2. The predicted octanol–water partition coefficient (Wildman–Crippen LogP) is 9.56. The van der Waals surface area contributed by atoms with E-state index in [0.29, 0.717) is 39.3 Å². The largest absolute Gasteiger partial charge is 0.503 e. The molecule has 1 heterocycles. The van der Waals surface area contributed by atoms with Gasteiger partial charge >= 0.3 is 0 Å². The number of allylic oxidation sites excluding steroid dienone is 4. The third-order valence-corrected chi connectivity index (χ3v) is 13.0. The van der Waals surface area contributed by atoms with Crippen molar-refractivity contribution in [2.24, 2.45) is 33.9 Å². The van der Waals surface area contributed by atoms with E-state index < -0.39 is 35.0 Å². The minimum Gasteiger partial charge on any atom is -0.503 e. The number of rotatable bonds is 8. The van der Waals surface area contributed by atoms with Crippen LogP contribution in [0.4, 0.5) is 22.7 Å². The van der Waals surface area contributed by atoms with Crippen LogP contribution in [0.3, 0.4) is 0 Å². The number of anilines is 2. The van der Waals surface area contributed by atoms with Gasteiger partial charge in [-0.15, -0.1) is 0 Å². The maximum Gasteiger partial charge on any atom is 0.238 e. The molecule has 3 aliphatic carbocycles. The number of ether oxygens (including phenoxy) is 1. The number of nitrogens with zero attached hydrogens (tertiary/aromatic N) is 4. The number of phenolic OH excluding ortho intramolecular Hbond substituents is 1. The molecule has 0 radical (unpaired) electrons. The van der Waals surface area contributed by atoms with Crippen molar-refractivity contribution >= 4 is 63.3 Å². The minimum atomic E-state index is -1.46. The molecule has 1 aliphatic heterocycles. The number of carbonyl (C=O) groups is 4. The van der Waals surface area contributed by atoms with Crippen molar-refractivity contribution in [3.05, 3.63) is 161 Å². The van der Waals surface area contributed by atoms with Crippen LogP contribution in [0.5, 0.6) is 11.5 Å². The lowest BCUT2D eigenvalue weighted by Gasteiger charge is -2.55. The monoisotopic (exact) mass is 816 g/mol. The molecular weight excluding hydrogens is 776 g/mol. The van der Waals surface area contributed by atoms with E-state index in [1.165, 1.54) is 18.1 Å². The lowest BCUT2D eigenvalue weighted by molar-refractivity contribution is -0.135. The molecule has 9 rings (SSSR count). The number of aromatic hydroxyl groups is 1. The van der Waals surface area contributed by atoms with Gasteiger partial charge in [0.25, 0.3) is 0 Å². The number of methoxy groups -OCH3 is 1. The Labute approximate surface area is 352 Å². The fourth-order valence-electron chi connectivity index (χ4n) is 10.0. The van der Waals surface area contributed by atoms with E-state index in [4.69, 9.17) is 16.3 Å². The Bertz CT molecular complexity index is 2640. The average molecular weight is 817 g/mol. The van der Waals surface area contributed by atoms with Crippen LogP contribution >= 0.6 is 11.6 Å². The fraction of sp³-hybridized carbons (Fsp3) is 0.224. The number of benzene rings is 5. The molecule has 300 valence electrons. The highest BCUT2D eigenvalue weighted by Crippen LogP contribution is 2.64. The highest BCUT2D eigenvalue weighted by molar-refractivity contribution is 6.33. The lowest BCUT2D eigenvalue weighted by Crippen LogP contribution is -2.58. The molecule has 0 spiro atoms. The van der Waals surface area contributed by atoms with Crippen molar-refractivity contribution in [2.75, 3.05) is 31.0 Å². The van der Waals surface area contributed by atoms with Gasteiger partial charge in [0.1, 0.15) is 0 Å².